The molecule has 0 aromatic heterocycles. The van der Waals surface area contributed by atoms with Crippen molar-refractivity contribution >= 4 is 21.6 Å². The first-order valence-corrected chi connectivity index (χ1v) is 6.04. The Balaban J connectivity index is 2.97. The summed E-state index contributed by atoms with van der Waals surface area (Å²) in [6.45, 7) is 4.76. The Labute approximate surface area is 105 Å². The van der Waals surface area contributed by atoms with Gasteiger partial charge in [-0.15, -0.1) is 0 Å². The summed E-state index contributed by atoms with van der Waals surface area (Å²) in [7, 11) is 0. The van der Waals surface area contributed by atoms with Gasteiger partial charge in [-0.25, -0.2) is 0 Å². The normalized spacial score (nSPS) is 12.2. The molecule has 0 aliphatic rings. The summed E-state index contributed by atoms with van der Waals surface area (Å²) in [6.07, 6.45) is 0. The molecule has 1 rings (SSSR count). The van der Waals surface area contributed by atoms with Crippen LogP contribution in [0.25, 0.3) is 0 Å². The molecule has 0 heterocycles. The molecule has 0 saturated carbocycles. The fourth-order valence-electron chi connectivity index (χ4n) is 1.46. The second-order valence-corrected chi connectivity index (χ2v) is 4.86. The van der Waals surface area contributed by atoms with Gasteiger partial charge < -0.3 is 11.1 Å². The van der Waals surface area contributed by atoms with Gasteiger partial charge in [-0.3, -0.25) is 0 Å². The zero-order valence-corrected chi connectivity index (χ0v) is 11.1. The Morgan fingerprint density at radius 3 is 2.69 bits per heavy atom. The molecule has 0 radical (unpaired) electrons. The topological polar surface area (TPSA) is 61.8 Å². The summed E-state index contributed by atoms with van der Waals surface area (Å²) in [6, 6.07) is 8.02. The molecule has 0 aliphatic heterocycles. The van der Waals surface area contributed by atoms with Gasteiger partial charge >= 0.3 is 0 Å². The predicted molar refractivity (Wildman–Crippen MR) is 70.2 cm³/mol. The van der Waals surface area contributed by atoms with Crippen LogP contribution >= 0.6 is 15.9 Å². The molecule has 4 heteroatoms. The molecule has 1 aromatic rings. The maximum Gasteiger partial charge on any atom is 0.103 e. The fraction of sp³-hybridized carbons (Fsp3) is 0.417. The minimum absolute atomic E-state index is 0.182. The van der Waals surface area contributed by atoms with Gasteiger partial charge in [-0.2, -0.15) is 5.26 Å². The predicted octanol–water partition coefficient (Wildman–Crippen LogP) is 2.72. The molecule has 1 atom stereocenters. The zero-order valence-electron chi connectivity index (χ0n) is 9.50. The molecule has 0 saturated heterocycles. The molecular weight excluding hydrogens is 266 g/mol. The van der Waals surface area contributed by atoms with Gasteiger partial charge in [0.15, 0.2) is 0 Å². The van der Waals surface area contributed by atoms with E-state index >= 15 is 0 Å². The average Bonchev–Trinajstić information content (AvgIpc) is 2.25. The van der Waals surface area contributed by atoms with E-state index in [9.17, 15) is 0 Å². The van der Waals surface area contributed by atoms with Crippen molar-refractivity contribution in [2.45, 2.75) is 19.9 Å². The maximum absolute atomic E-state index is 9.07. The van der Waals surface area contributed by atoms with E-state index in [4.69, 9.17) is 11.0 Å². The molecule has 0 fully saturated rings. The van der Waals surface area contributed by atoms with Crippen molar-refractivity contribution in [2.24, 2.45) is 11.7 Å². The van der Waals surface area contributed by atoms with Crippen LogP contribution < -0.4 is 11.1 Å². The van der Waals surface area contributed by atoms with Crippen molar-refractivity contribution in [1.82, 2.24) is 0 Å². The van der Waals surface area contributed by atoms with Crippen LogP contribution in [-0.4, -0.2) is 12.6 Å². The van der Waals surface area contributed by atoms with Crippen LogP contribution in [0.1, 0.15) is 19.4 Å². The van der Waals surface area contributed by atoms with Crippen LogP contribution in [0.5, 0.6) is 0 Å². The summed E-state index contributed by atoms with van der Waals surface area (Å²) in [5.74, 6) is 0.426. The van der Waals surface area contributed by atoms with Crippen LogP contribution in [0, 0.1) is 17.2 Å². The first-order chi connectivity index (χ1) is 7.60. The third-order valence-electron chi connectivity index (χ3n) is 2.52. The SMILES string of the molecule is CC(C)C(CN)Nc1cccc(Br)c1C#N. The summed E-state index contributed by atoms with van der Waals surface area (Å²) in [5, 5.41) is 12.4. The van der Waals surface area contributed by atoms with Crippen LogP contribution in [0.2, 0.25) is 0 Å². The number of hydrogen-bond donors (Lipinski definition) is 2. The number of hydrogen-bond acceptors (Lipinski definition) is 3. The van der Waals surface area contributed by atoms with E-state index in [2.05, 4.69) is 41.2 Å². The lowest BCUT2D eigenvalue weighted by Gasteiger charge is -2.22. The smallest absolute Gasteiger partial charge is 0.103 e. The van der Waals surface area contributed by atoms with Gasteiger partial charge in [0.05, 0.1) is 11.3 Å². The standard InChI is InChI=1S/C12H16BrN3/c1-8(2)12(7-15)16-11-5-3-4-10(13)9(11)6-14/h3-5,8,12,16H,7,15H2,1-2H3. The Hall–Kier alpha value is -1.05. The van der Waals surface area contributed by atoms with Crippen LogP contribution in [0.3, 0.4) is 0 Å². The third kappa shape index (κ3) is 2.97. The van der Waals surface area contributed by atoms with E-state index < -0.39 is 0 Å². The second kappa shape index (κ2) is 5.88. The largest absolute Gasteiger partial charge is 0.380 e. The van der Waals surface area contributed by atoms with Gasteiger partial charge in [-0.1, -0.05) is 19.9 Å². The monoisotopic (exact) mass is 281 g/mol. The average molecular weight is 282 g/mol. The molecule has 0 aliphatic carbocycles. The number of nitrogens with zero attached hydrogens (tertiary/aromatic N) is 1. The Bertz CT molecular complexity index is 396. The first-order valence-electron chi connectivity index (χ1n) is 5.25. The minimum atomic E-state index is 0.182. The molecule has 0 bridgehead atoms. The Morgan fingerprint density at radius 1 is 1.50 bits per heavy atom. The lowest BCUT2D eigenvalue weighted by molar-refractivity contribution is 0.531. The molecular formula is C12H16BrN3. The van der Waals surface area contributed by atoms with Crippen molar-refractivity contribution in [3.8, 4) is 6.07 Å². The highest BCUT2D eigenvalue weighted by Gasteiger charge is 2.13. The van der Waals surface area contributed by atoms with Gasteiger partial charge in [0.1, 0.15) is 6.07 Å². The molecule has 0 spiro atoms. The van der Waals surface area contributed by atoms with Gasteiger partial charge in [0.25, 0.3) is 0 Å². The number of anilines is 1. The van der Waals surface area contributed by atoms with E-state index in [-0.39, 0.29) is 6.04 Å². The van der Waals surface area contributed by atoms with Crippen molar-refractivity contribution < 1.29 is 0 Å². The molecule has 3 nitrogen and oxygen atoms in total. The highest BCUT2D eigenvalue weighted by atomic mass is 79.9. The number of nitrogens with one attached hydrogen (secondary N) is 1. The summed E-state index contributed by atoms with van der Waals surface area (Å²) < 4.78 is 0.805. The number of nitriles is 1. The van der Waals surface area contributed by atoms with Gasteiger partial charge in [-0.05, 0) is 34.0 Å². The zero-order chi connectivity index (χ0) is 12.1. The minimum Gasteiger partial charge on any atom is -0.380 e. The van der Waals surface area contributed by atoms with Crippen LogP contribution in [0.15, 0.2) is 22.7 Å². The van der Waals surface area contributed by atoms with Crippen LogP contribution in [0.4, 0.5) is 5.69 Å². The summed E-state index contributed by atoms with van der Waals surface area (Å²) in [5.41, 5.74) is 7.15. The maximum atomic E-state index is 9.07. The number of nitrogens with two attached hydrogens (primary N) is 1. The fourth-order valence-corrected chi connectivity index (χ4v) is 1.91. The highest BCUT2D eigenvalue weighted by Crippen LogP contribution is 2.25. The van der Waals surface area contributed by atoms with E-state index in [1.807, 2.05) is 18.2 Å². The molecule has 86 valence electrons. The number of benzene rings is 1. The molecule has 16 heavy (non-hydrogen) atoms. The van der Waals surface area contributed by atoms with E-state index in [0.717, 1.165) is 10.2 Å². The van der Waals surface area contributed by atoms with Crippen molar-refractivity contribution in [2.75, 3.05) is 11.9 Å². The third-order valence-corrected chi connectivity index (χ3v) is 3.19. The molecule has 1 unspecified atom stereocenters. The Morgan fingerprint density at radius 2 is 2.19 bits per heavy atom. The van der Waals surface area contributed by atoms with E-state index in [1.54, 1.807) is 0 Å². The summed E-state index contributed by atoms with van der Waals surface area (Å²) >= 11 is 3.36. The summed E-state index contributed by atoms with van der Waals surface area (Å²) in [4.78, 5) is 0. The van der Waals surface area contributed by atoms with E-state index in [1.165, 1.54) is 0 Å². The van der Waals surface area contributed by atoms with E-state index in [0.29, 0.717) is 18.0 Å². The lowest BCUT2D eigenvalue weighted by atomic mass is 10.0. The van der Waals surface area contributed by atoms with Gasteiger partial charge in [0.2, 0.25) is 0 Å². The van der Waals surface area contributed by atoms with Gasteiger partial charge in [0, 0.05) is 17.1 Å². The van der Waals surface area contributed by atoms with Crippen molar-refractivity contribution in [1.29, 1.82) is 5.26 Å². The van der Waals surface area contributed by atoms with Crippen molar-refractivity contribution in [3.05, 3.63) is 28.2 Å². The number of halogens is 1. The van der Waals surface area contributed by atoms with Crippen molar-refractivity contribution in [3.63, 3.8) is 0 Å². The molecule has 1 aromatic carbocycles. The van der Waals surface area contributed by atoms with Crippen LogP contribution in [-0.2, 0) is 0 Å². The molecule has 3 N–H and O–H groups in total. The first kappa shape index (κ1) is 13.0. The Kier molecular flexibility index (Phi) is 4.78. The second-order valence-electron chi connectivity index (χ2n) is 4.00. The highest BCUT2D eigenvalue weighted by molar-refractivity contribution is 9.10. The lowest BCUT2D eigenvalue weighted by Crippen LogP contribution is -2.33. The number of rotatable bonds is 4. The quantitative estimate of drug-likeness (QED) is 0.892. The molecule has 0 amide bonds.